The zero-order valence-electron chi connectivity index (χ0n) is 21.3. The number of carbonyl (C=O) groups is 2. The molecule has 1 fully saturated rings. The first kappa shape index (κ1) is 25.8. The Morgan fingerprint density at radius 2 is 1.78 bits per heavy atom. The van der Waals surface area contributed by atoms with Crippen LogP contribution < -0.4 is 14.2 Å². The summed E-state index contributed by atoms with van der Waals surface area (Å²) in [7, 11) is 3.16. The molecule has 0 bridgehead atoms. The van der Waals surface area contributed by atoms with Gasteiger partial charge in [-0.05, 0) is 70.0 Å². The summed E-state index contributed by atoms with van der Waals surface area (Å²) in [6.07, 6.45) is 1.25. The fourth-order valence-electron chi connectivity index (χ4n) is 4.72. The lowest BCUT2D eigenvalue weighted by molar-refractivity contribution is -0.137. The Hall–Kier alpha value is -3.26. The van der Waals surface area contributed by atoms with Gasteiger partial charge in [0.05, 0.1) is 48.6 Å². The molecule has 192 valence electrons. The summed E-state index contributed by atoms with van der Waals surface area (Å²) in [5.74, 6) is 1.62. The van der Waals surface area contributed by atoms with E-state index in [2.05, 4.69) is 0 Å². The number of hydrazone groups is 1. The van der Waals surface area contributed by atoms with Gasteiger partial charge in [-0.3, -0.25) is 9.59 Å². The monoisotopic (exact) mass is 513 g/mol. The maximum Gasteiger partial charge on any atom is 0.255 e. The first-order valence-electron chi connectivity index (χ1n) is 12.1. The molecule has 0 radical (unpaired) electrons. The predicted octanol–water partition coefficient (Wildman–Crippen LogP) is 4.63. The second kappa shape index (κ2) is 10.4. The number of methoxy groups -OCH3 is 2. The highest BCUT2D eigenvalue weighted by atomic mass is 35.5. The quantitative estimate of drug-likeness (QED) is 0.539. The van der Waals surface area contributed by atoms with Crippen LogP contribution in [-0.4, -0.2) is 67.4 Å². The second-order valence-electron chi connectivity index (χ2n) is 9.39. The number of halogens is 1. The largest absolute Gasteiger partial charge is 0.494 e. The van der Waals surface area contributed by atoms with Crippen LogP contribution in [0.25, 0.3) is 0 Å². The van der Waals surface area contributed by atoms with E-state index in [-0.39, 0.29) is 17.9 Å². The standard InChI is InChI=1S/C27H32ClN3O5/c1-6-36-19-8-9-21(28)20(16-19)25(32)30-13-11-18(12-14-30)31-26(33)27(2,3)24(29-31)17-7-10-22(34-4)23(15-17)35-5/h7-10,15-16,18H,6,11-14H2,1-5H3. The Bertz CT molecular complexity index is 1190. The van der Waals surface area contributed by atoms with Crippen molar-refractivity contribution in [2.45, 2.75) is 39.7 Å². The fraction of sp³-hybridized carbons (Fsp3) is 0.444. The van der Waals surface area contributed by atoms with Gasteiger partial charge in [0, 0.05) is 18.7 Å². The van der Waals surface area contributed by atoms with Crippen molar-refractivity contribution in [1.29, 1.82) is 0 Å². The Balaban J connectivity index is 1.50. The highest BCUT2D eigenvalue weighted by molar-refractivity contribution is 6.33. The van der Waals surface area contributed by atoms with Gasteiger partial charge in [0.25, 0.3) is 11.8 Å². The van der Waals surface area contributed by atoms with E-state index in [4.69, 9.17) is 30.9 Å². The Morgan fingerprint density at radius 1 is 1.08 bits per heavy atom. The average molecular weight is 514 g/mol. The van der Waals surface area contributed by atoms with Gasteiger partial charge >= 0.3 is 0 Å². The molecule has 0 saturated carbocycles. The zero-order chi connectivity index (χ0) is 26.0. The van der Waals surface area contributed by atoms with Crippen LogP contribution in [0.3, 0.4) is 0 Å². The summed E-state index contributed by atoms with van der Waals surface area (Å²) in [6, 6.07) is 10.6. The number of hydrogen-bond acceptors (Lipinski definition) is 6. The number of nitrogens with zero attached hydrogens (tertiary/aromatic N) is 3. The molecule has 2 aromatic rings. The van der Waals surface area contributed by atoms with Gasteiger partial charge in [0.2, 0.25) is 0 Å². The summed E-state index contributed by atoms with van der Waals surface area (Å²) in [6.45, 7) is 7.18. The van der Waals surface area contributed by atoms with Gasteiger partial charge in [0.1, 0.15) is 5.75 Å². The number of rotatable bonds is 7. The topological polar surface area (TPSA) is 80.7 Å². The third-order valence-corrected chi connectivity index (χ3v) is 7.11. The summed E-state index contributed by atoms with van der Waals surface area (Å²) in [4.78, 5) is 28.4. The lowest BCUT2D eigenvalue weighted by Crippen LogP contribution is -2.47. The van der Waals surface area contributed by atoms with E-state index in [0.717, 1.165) is 5.56 Å². The Labute approximate surface area is 216 Å². The number of hydrogen-bond donors (Lipinski definition) is 0. The van der Waals surface area contributed by atoms with E-state index < -0.39 is 5.41 Å². The molecule has 2 aliphatic rings. The molecule has 0 aromatic heterocycles. The van der Waals surface area contributed by atoms with Crippen molar-refractivity contribution in [3.63, 3.8) is 0 Å². The molecule has 4 rings (SSSR count). The molecule has 0 N–H and O–H groups in total. The third kappa shape index (κ3) is 4.74. The maximum absolute atomic E-state index is 13.4. The third-order valence-electron chi connectivity index (χ3n) is 6.78. The van der Waals surface area contributed by atoms with E-state index in [1.807, 2.05) is 39.0 Å². The van der Waals surface area contributed by atoms with Crippen molar-refractivity contribution in [2.24, 2.45) is 10.5 Å². The fourth-order valence-corrected chi connectivity index (χ4v) is 4.92. The number of likely N-dealkylation sites (tertiary alicyclic amines) is 1. The molecule has 9 heteroatoms. The van der Waals surface area contributed by atoms with E-state index in [1.54, 1.807) is 42.3 Å². The van der Waals surface area contributed by atoms with Crippen molar-refractivity contribution in [3.05, 3.63) is 52.5 Å². The molecule has 8 nitrogen and oxygen atoms in total. The van der Waals surface area contributed by atoms with E-state index in [0.29, 0.717) is 66.1 Å². The lowest BCUT2D eigenvalue weighted by atomic mass is 9.83. The van der Waals surface area contributed by atoms with Gasteiger partial charge in [0.15, 0.2) is 11.5 Å². The number of amides is 2. The van der Waals surface area contributed by atoms with Crippen molar-refractivity contribution in [3.8, 4) is 17.2 Å². The molecular formula is C27H32ClN3O5. The highest BCUT2D eigenvalue weighted by Gasteiger charge is 2.47. The molecule has 1 saturated heterocycles. The number of ether oxygens (including phenoxy) is 3. The highest BCUT2D eigenvalue weighted by Crippen LogP contribution is 2.38. The number of carbonyl (C=O) groups excluding carboxylic acids is 2. The summed E-state index contributed by atoms with van der Waals surface area (Å²) < 4.78 is 16.3. The first-order chi connectivity index (χ1) is 17.2. The molecule has 0 spiro atoms. The molecule has 0 aliphatic carbocycles. The molecule has 2 heterocycles. The summed E-state index contributed by atoms with van der Waals surface area (Å²) in [5, 5.41) is 6.79. The molecule has 36 heavy (non-hydrogen) atoms. The minimum absolute atomic E-state index is 0.0514. The van der Waals surface area contributed by atoms with Gasteiger partial charge in [-0.15, -0.1) is 0 Å². The van der Waals surface area contributed by atoms with Crippen LogP contribution in [0.15, 0.2) is 41.5 Å². The van der Waals surface area contributed by atoms with E-state index in [9.17, 15) is 9.59 Å². The minimum Gasteiger partial charge on any atom is -0.494 e. The van der Waals surface area contributed by atoms with Gasteiger partial charge in [-0.25, -0.2) is 5.01 Å². The molecule has 0 unspecified atom stereocenters. The molecule has 2 amide bonds. The first-order valence-corrected chi connectivity index (χ1v) is 12.5. The van der Waals surface area contributed by atoms with Gasteiger partial charge in [-0.1, -0.05) is 11.6 Å². The van der Waals surface area contributed by atoms with Crippen LogP contribution in [0.4, 0.5) is 0 Å². The van der Waals surface area contributed by atoms with Crippen LogP contribution in [0.5, 0.6) is 17.2 Å². The normalized spacial score (nSPS) is 17.7. The Morgan fingerprint density at radius 3 is 2.42 bits per heavy atom. The molecule has 2 aromatic carbocycles. The van der Waals surface area contributed by atoms with Crippen LogP contribution in [0.1, 0.15) is 49.5 Å². The van der Waals surface area contributed by atoms with Crippen LogP contribution in [0.2, 0.25) is 5.02 Å². The van der Waals surface area contributed by atoms with Crippen molar-refractivity contribution in [1.82, 2.24) is 9.91 Å². The van der Waals surface area contributed by atoms with E-state index in [1.165, 1.54) is 0 Å². The van der Waals surface area contributed by atoms with Crippen LogP contribution >= 0.6 is 11.6 Å². The number of piperidine rings is 1. The SMILES string of the molecule is CCOc1ccc(Cl)c(C(=O)N2CCC(N3N=C(c4ccc(OC)c(OC)c4)C(C)(C)C3=O)CC2)c1. The average Bonchev–Trinajstić information content (AvgIpc) is 3.13. The number of benzene rings is 2. The van der Waals surface area contributed by atoms with Crippen molar-refractivity contribution in [2.75, 3.05) is 33.9 Å². The Kier molecular flexibility index (Phi) is 7.45. The predicted molar refractivity (Wildman–Crippen MR) is 138 cm³/mol. The lowest BCUT2D eigenvalue weighted by Gasteiger charge is -2.35. The molecular weight excluding hydrogens is 482 g/mol. The van der Waals surface area contributed by atoms with Crippen molar-refractivity contribution >= 4 is 29.1 Å². The molecule has 2 aliphatic heterocycles. The summed E-state index contributed by atoms with van der Waals surface area (Å²) in [5.41, 5.74) is 1.13. The second-order valence-corrected chi connectivity index (χ2v) is 9.80. The van der Waals surface area contributed by atoms with Crippen LogP contribution in [-0.2, 0) is 4.79 Å². The van der Waals surface area contributed by atoms with E-state index >= 15 is 0 Å². The maximum atomic E-state index is 13.4. The minimum atomic E-state index is -0.792. The zero-order valence-corrected chi connectivity index (χ0v) is 22.1. The molecule has 0 atom stereocenters. The van der Waals surface area contributed by atoms with Crippen molar-refractivity contribution < 1.29 is 23.8 Å². The van der Waals surface area contributed by atoms with Gasteiger partial charge < -0.3 is 19.1 Å². The summed E-state index contributed by atoms with van der Waals surface area (Å²) >= 11 is 6.32. The van der Waals surface area contributed by atoms with Crippen LogP contribution in [0, 0.1) is 5.41 Å². The smallest absolute Gasteiger partial charge is 0.255 e. The van der Waals surface area contributed by atoms with Gasteiger partial charge in [-0.2, -0.15) is 5.10 Å².